The van der Waals surface area contributed by atoms with Crippen molar-refractivity contribution in [3.05, 3.63) is 0 Å². The first-order valence-electron chi connectivity index (χ1n) is 13.0. The number of carboxylic acids is 1. The number of carbonyl (C=O) groups excluding carboxylic acids is 1. The summed E-state index contributed by atoms with van der Waals surface area (Å²) in [5.41, 5.74) is 0. The molecule has 0 radical (unpaired) electrons. The van der Waals surface area contributed by atoms with Crippen LogP contribution in [-0.4, -0.2) is 23.1 Å². The minimum absolute atomic E-state index is 0.0691. The summed E-state index contributed by atoms with van der Waals surface area (Å²) < 4.78 is 5.64. The lowest BCUT2D eigenvalue weighted by atomic mass is 10.0. The summed E-state index contributed by atoms with van der Waals surface area (Å²) >= 11 is 0. The Bertz CT molecular complexity index is 394. The molecule has 0 aliphatic rings. The standard InChI is InChI=1S/C26H50O4/c1-3-5-6-7-8-9-10-11-12-13-15-18-21-24(30-26(29)4-2)22-19-16-14-17-20-23-25(27)28/h24H,3-23H2,1-2H3,(H,27,28). The Labute approximate surface area is 186 Å². The first kappa shape index (κ1) is 28.9. The average Bonchev–Trinajstić information content (AvgIpc) is 2.73. The number of unbranched alkanes of at least 4 members (excludes halogenated alkanes) is 15. The molecule has 1 unspecified atom stereocenters. The van der Waals surface area contributed by atoms with Gasteiger partial charge in [0, 0.05) is 12.8 Å². The van der Waals surface area contributed by atoms with E-state index in [1.807, 2.05) is 6.92 Å². The summed E-state index contributed by atoms with van der Waals surface area (Å²) in [6, 6.07) is 0. The Balaban J connectivity index is 3.68. The van der Waals surface area contributed by atoms with Crippen LogP contribution in [0.4, 0.5) is 0 Å². The highest BCUT2D eigenvalue weighted by molar-refractivity contribution is 5.69. The SMILES string of the molecule is CCCCCCCCCCCCCCC(CCCCCCCC(=O)O)OC(=O)CC. The molecule has 0 aromatic rings. The van der Waals surface area contributed by atoms with Crippen molar-refractivity contribution in [2.75, 3.05) is 0 Å². The summed E-state index contributed by atoms with van der Waals surface area (Å²) in [6.45, 7) is 4.12. The van der Waals surface area contributed by atoms with Gasteiger partial charge < -0.3 is 9.84 Å². The fourth-order valence-electron chi connectivity index (χ4n) is 3.92. The van der Waals surface area contributed by atoms with Gasteiger partial charge in [-0.3, -0.25) is 9.59 Å². The predicted octanol–water partition coefficient (Wildman–Crippen LogP) is 8.21. The lowest BCUT2D eigenvalue weighted by Crippen LogP contribution is -2.17. The van der Waals surface area contributed by atoms with Crippen LogP contribution in [0.2, 0.25) is 0 Å². The zero-order valence-corrected chi connectivity index (χ0v) is 20.1. The molecule has 30 heavy (non-hydrogen) atoms. The first-order valence-corrected chi connectivity index (χ1v) is 13.0. The fraction of sp³-hybridized carbons (Fsp3) is 0.923. The van der Waals surface area contributed by atoms with Gasteiger partial charge in [-0.2, -0.15) is 0 Å². The van der Waals surface area contributed by atoms with Crippen LogP contribution in [0.1, 0.15) is 149 Å². The normalized spacial score (nSPS) is 12.1. The molecule has 0 saturated heterocycles. The van der Waals surface area contributed by atoms with Crippen molar-refractivity contribution in [1.82, 2.24) is 0 Å². The van der Waals surface area contributed by atoms with Gasteiger partial charge in [0.15, 0.2) is 0 Å². The average molecular weight is 427 g/mol. The van der Waals surface area contributed by atoms with Crippen LogP contribution in [0, 0.1) is 0 Å². The van der Waals surface area contributed by atoms with Crippen molar-refractivity contribution >= 4 is 11.9 Å². The molecule has 4 nitrogen and oxygen atoms in total. The molecular weight excluding hydrogens is 376 g/mol. The molecule has 0 aromatic heterocycles. The van der Waals surface area contributed by atoms with Crippen LogP contribution in [0.3, 0.4) is 0 Å². The maximum Gasteiger partial charge on any atom is 0.305 e. The van der Waals surface area contributed by atoms with Gasteiger partial charge in [0.2, 0.25) is 0 Å². The van der Waals surface area contributed by atoms with Crippen molar-refractivity contribution in [3.63, 3.8) is 0 Å². The third-order valence-corrected chi connectivity index (χ3v) is 5.88. The maximum absolute atomic E-state index is 11.7. The second-order valence-electron chi connectivity index (χ2n) is 8.84. The van der Waals surface area contributed by atoms with Gasteiger partial charge in [-0.25, -0.2) is 0 Å². The summed E-state index contributed by atoms with van der Waals surface area (Å²) in [5, 5.41) is 8.66. The lowest BCUT2D eigenvalue weighted by molar-refractivity contribution is -0.149. The minimum Gasteiger partial charge on any atom is -0.481 e. The predicted molar refractivity (Wildman–Crippen MR) is 126 cm³/mol. The largest absolute Gasteiger partial charge is 0.481 e. The van der Waals surface area contributed by atoms with E-state index in [2.05, 4.69) is 6.92 Å². The highest BCUT2D eigenvalue weighted by atomic mass is 16.5. The van der Waals surface area contributed by atoms with Gasteiger partial charge in [0.1, 0.15) is 6.10 Å². The smallest absolute Gasteiger partial charge is 0.305 e. The molecule has 0 aliphatic carbocycles. The molecule has 0 spiro atoms. The molecule has 0 aliphatic heterocycles. The monoisotopic (exact) mass is 426 g/mol. The molecule has 0 bridgehead atoms. The van der Waals surface area contributed by atoms with Crippen molar-refractivity contribution in [1.29, 1.82) is 0 Å². The zero-order chi connectivity index (χ0) is 22.3. The summed E-state index contributed by atoms with van der Waals surface area (Å²) in [7, 11) is 0. The summed E-state index contributed by atoms with van der Waals surface area (Å²) in [6.07, 6.45) is 23.8. The maximum atomic E-state index is 11.7. The molecule has 0 heterocycles. The van der Waals surface area contributed by atoms with E-state index >= 15 is 0 Å². The number of carboxylic acid groups (broad SMARTS) is 1. The third kappa shape index (κ3) is 21.6. The van der Waals surface area contributed by atoms with Crippen molar-refractivity contribution in [2.24, 2.45) is 0 Å². The topological polar surface area (TPSA) is 63.6 Å². The van der Waals surface area contributed by atoms with E-state index in [-0.39, 0.29) is 18.5 Å². The van der Waals surface area contributed by atoms with Crippen molar-refractivity contribution in [3.8, 4) is 0 Å². The van der Waals surface area contributed by atoms with E-state index in [1.165, 1.54) is 70.6 Å². The second-order valence-corrected chi connectivity index (χ2v) is 8.84. The molecule has 0 aromatic carbocycles. The molecule has 0 saturated carbocycles. The van der Waals surface area contributed by atoms with Crippen LogP contribution in [0.5, 0.6) is 0 Å². The number of aliphatic carboxylic acids is 1. The highest BCUT2D eigenvalue weighted by Crippen LogP contribution is 2.18. The van der Waals surface area contributed by atoms with E-state index in [9.17, 15) is 9.59 Å². The Kier molecular flexibility index (Phi) is 21.8. The molecule has 1 atom stereocenters. The fourth-order valence-corrected chi connectivity index (χ4v) is 3.92. The third-order valence-electron chi connectivity index (χ3n) is 5.88. The Morgan fingerprint density at radius 2 is 1.03 bits per heavy atom. The molecular formula is C26H50O4. The Hall–Kier alpha value is -1.06. The second kappa shape index (κ2) is 22.6. The summed E-state index contributed by atoms with van der Waals surface area (Å²) in [5.74, 6) is -0.788. The van der Waals surface area contributed by atoms with Crippen LogP contribution in [0.25, 0.3) is 0 Å². The number of hydrogen-bond acceptors (Lipinski definition) is 3. The van der Waals surface area contributed by atoms with Crippen molar-refractivity contribution in [2.45, 2.75) is 155 Å². The van der Waals surface area contributed by atoms with Crippen LogP contribution in [0.15, 0.2) is 0 Å². The van der Waals surface area contributed by atoms with E-state index in [0.29, 0.717) is 6.42 Å². The number of esters is 1. The van der Waals surface area contributed by atoms with Crippen LogP contribution < -0.4 is 0 Å². The molecule has 0 amide bonds. The van der Waals surface area contributed by atoms with Crippen molar-refractivity contribution < 1.29 is 19.4 Å². The van der Waals surface area contributed by atoms with E-state index in [1.54, 1.807) is 0 Å². The van der Waals surface area contributed by atoms with Crippen LogP contribution >= 0.6 is 0 Å². The van der Waals surface area contributed by atoms with Gasteiger partial charge in [0.25, 0.3) is 0 Å². The first-order chi connectivity index (χ1) is 14.6. The number of hydrogen-bond donors (Lipinski definition) is 1. The van der Waals surface area contributed by atoms with Crippen LogP contribution in [-0.2, 0) is 14.3 Å². The number of ether oxygens (including phenoxy) is 1. The zero-order valence-electron chi connectivity index (χ0n) is 20.1. The summed E-state index contributed by atoms with van der Waals surface area (Å²) in [4.78, 5) is 22.2. The van der Waals surface area contributed by atoms with Gasteiger partial charge >= 0.3 is 11.9 Å². The van der Waals surface area contributed by atoms with E-state index in [0.717, 1.165) is 51.4 Å². The lowest BCUT2D eigenvalue weighted by Gasteiger charge is -2.17. The molecule has 0 fully saturated rings. The highest BCUT2D eigenvalue weighted by Gasteiger charge is 2.13. The van der Waals surface area contributed by atoms with Gasteiger partial charge in [-0.05, 0) is 32.1 Å². The molecule has 1 N–H and O–H groups in total. The quantitative estimate of drug-likeness (QED) is 0.132. The van der Waals surface area contributed by atoms with E-state index < -0.39 is 5.97 Å². The molecule has 0 rings (SSSR count). The Morgan fingerprint density at radius 3 is 1.43 bits per heavy atom. The van der Waals surface area contributed by atoms with Gasteiger partial charge in [-0.15, -0.1) is 0 Å². The Morgan fingerprint density at radius 1 is 0.633 bits per heavy atom. The van der Waals surface area contributed by atoms with Gasteiger partial charge in [-0.1, -0.05) is 104 Å². The molecule has 4 heteroatoms. The van der Waals surface area contributed by atoms with Gasteiger partial charge in [0.05, 0.1) is 0 Å². The minimum atomic E-state index is -0.705. The molecule has 178 valence electrons. The number of carbonyl (C=O) groups is 2. The van der Waals surface area contributed by atoms with E-state index in [4.69, 9.17) is 9.84 Å². The number of rotatable bonds is 23.